The molecule has 2 N–H and O–H groups in total. The summed E-state index contributed by atoms with van der Waals surface area (Å²) in [6.45, 7) is 6.12. The Hall–Kier alpha value is -0.940. The molecule has 1 rings (SSSR count). The first-order chi connectivity index (χ1) is 9.13. The van der Waals surface area contributed by atoms with Crippen molar-refractivity contribution in [2.45, 2.75) is 32.6 Å². The first-order valence-electron chi connectivity index (χ1n) is 6.78. The monoisotopic (exact) mass is 267 g/mol. The highest BCUT2D eigenvalue weighted by Gasteiger charge is 2.14. The first-order valence-corrected chi connectivity index (χ1v) is 6.78. The SMILES string of the molecule is CC(C)N(CCO)CC(O)COCc1ccccc1. The second-order valence-electron chi connectivity index (χ2n) is 4.97. The van der Waals surface area contributed by atoms with E-state index in [-0.39, 0.29) is 6.61 Å². The van der Waals surface area contributed by atoms with Gasteiger partial charge in [0, 0.05) is 19.1 Å². The lowest BCUT2D eigenvalue weighted by molar-refractivity contribution is 0.00208. The van der Waals surface area contributed by atoms with Crippen LogP contribution in [-0.2, 0) is 11.3 Å². The smallest absolute Gasteiger partial charge is 0.0900 e. The third-order valence-corrected chi connectivity index (χ3v) is 2.98. The highest BCUT2D eigenvalue weighted by Crippen LogP contribution is 2.03. The molecule has 1 aromatic carbocycles. The van der Waals surface area contributed by atoms with Crippen LogP contribution >= 0.6 is 0 Å². The Morgan fingerprint density at radius 2 is 1.89 bits per heavy atom. The summed E-state index contributed by atoms with van der Waals surface area (Å²) < 4.78 is 5.50. The molecule has 1 atom stereocenters. The summed E-state index contributed by atoms with van der Waals surface area (Å²) in [5.41, 5.74) is 1.10. The van der Waals surface area contributed by atoms with Gasteiger partial charge in [-0.15, -0.1) is 0 Å². The van der Waals surface area contributed by atoms with E-state index in [9.17, 15) is 5.11 Å². The maximum atomic E-state index is 9.92. The quantitative estimate of drug-likeness (QED) is 0.707. The molecule has 0 amide bonds. The molecule has 4 heteroatoms. The molecule has 0 aromatic heterocycles. The summed E-state index contributed by atoms with van der Waals surface area (Å²) >= 11 is 0. The Kier molecular flexibility index (Phi) is 7.67. The van der Waals surface area contributed by atoms with E-state index in [4.69, 9.17) is 9.84 Å². The van der Waals surface area contributed by atoms with Crippen LogP contribution < -0.4 is 0 Å². The van der Waals surface area contributed by atoms with Gasteiger partial charge >= 0.3 is 0 Å². The van der Waals surface area contributed by atoms with Crippen LogP contribution in [0.5, 0.6) is 0 Å². The molecule has 0 radical (unpaired) electrons. The second kappa shape index (κ2) is 9.04. The molecular weight excluding hydrogens is 242 g/mol. The van der Waals surface area contributed by atoms with Gasteiger partial charge in [0.1, 0.15) is 0 Å². The first kappa shape index (κ1) is 16.1. The van der Waals surface area contributed by atoms with E-state index < -0.39 is 6.10 Å². The highest BCUT2D eigenvalue weighted by molar-refractivity contribution is 5.13. The van der Waals surface area contributed by atoms with E-state index in [1.165, 1.54) is 0 Å². The second-order valence-corrected chi connectivity index (χ2v) is 4.97. The number of rotatable bonds is 9. The molecule has 0 spiro atoms. The van der Waals surface area contributed by atoms with Crippen molar-refractivity contribution >= 4 is 0 Å². The minimum Gasteiger partial charge on any atom is -0.395 e. The molecule has 0 saturated heterocycles. The van der Waals surface area contributed by atoms with Crippen LogP contribution in [0.4, 0.5) is 0 Å². The Morgan fingerprint density at radius 1 is 1.21 bits per heavy atom. The Labute approximate surface area is 115 Å². The Balaban J connectivity index is 2.25. The summed E-state index contributed by atoms with van der Waals surface area (Å²) in [5, 5.41) is 18.9. The molecule has 19 heavy (non-hydrogen) atoms. The average molecular weight is 267 g/mol. The molecule has 0 aliphatic carbocycles. The summed E-state index contributed by atoms with van der Waals surface area (Å²) in [5.74, 6) is 0. The molecule has 0 fully saturated rings. The van der Waals surface area contributed by atoms with Gasteiger partial charge < -0.3 is 14.9 Å². The molecule has 4 nitrogen and oxygen atoms in total. The zero-order valence-corrected chi connectivity index (χ0v) is 11.8. The average Bonchev–Trinajstić information content (AvgIpc) is 2.39. The number of aliphatic hydroxyl groups excluding tert-OH is 2. The minimum atomic E-state index is -0.530. The molecule has 0 bridgehead atoms. The van der Waals surface area contributed by atoms with Crippen molar-refractivity contribution in [3.63, 3.8) is 0 Å². The van der Waals surface area contributed by atoms with Gasteiger partial charge in [-0.1, -0.05) is 30.3 Å². The lowest BCUT2D eigenvalue weighted by atomic mass is 10.2. The number of aliphatic hydroxyl groups is 2. The van der Waals surface area contributed by atoms with Crippen LogP contribution in [0.1, 0.15) is 19.4 Å². The normalized spacial score (nSPS) is 13.2. The van der Waals surface area contributed by atoms with Gasteiger partial charge in [-0.2, -0.15) is 0 Å². The van der Waals surface area contributed by atoms with E-state index in [0.717, 1.165) is 5.56 Å². The molecular formula is C15H25NO3. The maximum Gasteiger partial charge on any atom is 0.0900 e. The Morgan fingerprint density at radius 3 is 2.47 bits per heavy atom. The fourth-order valence-electron chi connectivity index (χ4n) is 1.90. The van der Waals surface area contributed by atoms with Gasteiger partial charge in [0.25, 0.3) is 0 Å². The molecule has 0 aliphatic heterocycles. The molecule has 0 saturated carbocycles. The fraction of sp³-hybridized carbons (Fsp3) is 0.600. The van der Waals surface area contributed by atoms with Crippen molar-refractivity contribution in [2.75, 3.05) is 26.3 Å². The van der Waals surface area contributed by atoms with E-state index in [0.29, 0.717) is 32.3 Å². The summed E-state index contributed by atoms with van der Waals surface area (Å²) in [4.78, 5) is 2.04. The minimum absolute atomic E-state index is 0.107. The fourth-order valence-corrected chi connectivity index (χ4v) is 1.90. The Bertz CT molecular complexity index is 329. The lowest BCUT2D eigenvalue weighted by Gasteiger charge is -2.27. The molecule has 0 aliphatic rings. The number of nitrogens with zero attached hydrogens (tertiary/aromatic N) is 1. The van der Waals surface area contributed by atoms with Crippen molar-refractivity contribution in [1.82, 2.24) is 4.90 Å². The van der Waals surface area contributed by atoms with Crippen LogP contribution in [0.25, 0.3) is 0 Å². The van der Waals surface area contributed by atoms with E-state index in [2.05, 4.69) is 0 Å². The standard InChI is InChI=1S/C15H25NO3/c1-13(2)16(8-9-17)10-15(18)12-19-11-14-6-4-3-5-7-14/h3-7,13,15,17-18H,8-12H2,1-2H3. The predicted molar refractivity (Wildman–Crippen MR) is 75.9 cm³/mol. The van der Waals surface area contributed by atoms with Gasteiger partial charge in [-0.25, -0.2) is 0 Å². The molecule has 0 heterocycles. The third kappa shape index (κ3) is 6.68. The topological polar surface area (TPSA) is 52.9 Å². The largest absolute Gasteiger partial charge is 0.395 e. The van der Waals surface area contributed by atoms with Crippen LogP contribution in [0.15, 0.2) is 30.3 Å². The maximum absolute atomic E-state index is 9.92. The van der Waals surface area contributed by atoms with Gasteiger partial charge in [0.15, 0.2) is 0 Å². The van der Waals surface area contributed by atoms with Crippen molar-refractivity contribution in [3.05, 3.63) is 35.9 Å². The van der Waals surface area contributed by atoms with Crippen molar-refractivity contribution in [1.29, 1.82) is 0 Å². The molecule has 1 aromatic rings. The van der Waals surface area contributed by atoms with E-state index in [1.54, 1.807) is 0 Å². The predicted octanol–water partition coefficient (Wildman–Crippen LogP) is 1.27. The summed E-state index contributed by atoms with van der Waals surface area (Å²) in [6.07, 6.45) is -0.530. The van der Waals surface area contributed by atoms with Crippen LogP contribution in [0.2, 0.25) is 0 Å². The number of benzene rings is 1. The van der Waals surface area contributed by atoms with Crippen molar-refractivity contribution in [3.8, 4) is 0 Å². The zero-order valence-electron chi connectivity index (χ0n) is 11.8. The van der Waals surface area contributed by atoms with Gasteiger partial charge in [0.2, 0.25) is 0 Å². The summed E-state index contributed by atoms with van der Waals surface area (Å²) in [6, 6.07) is 10.2. The van der Waals surface area contributed by atoms with Gasteiger partial charge in [-0.05, 0) is 19.4 Å². The van der Waals surface area contributed by atoms with Crippen LogP contribution in [0.3, 0.4) is 0 Å². The van der Waals surface area contributed by atoms with E-state index in [1.807, 2.05) is 49.1 Å². The number of ether oxygens (including phenoxy) is 1. The third-order valence-electron chi connectivity index (χ3n) is 2.98. The van der Waals surface area contributed by atoms with Crippen LogP contribution in [-0.4, -0.2) is 53.6 Å². The highest BCUT2D eigenvalue weighted by atomic mass is 16.5. The van der Waals surface area contributed by atoms with E-state index >= 15 is 0 Å². The van der Waals surface area contributed by atoms with Crippen LogP contribution in [0, 0.1) is 0 Å². The number of hydrogen-bond acceptors (Lipinski definition) is 4. The number of hydrogen-bond donors (Lipinski definition) is 2. The summed E-state index contributed by atoms with van der Waals surface area (Å²) in [7, 11) is 0. The van der Waals surface area contributed by atoms with Crippen molar-refractivity contribution < 1.29 is 14.9 Å². The van der Waals surface area contributed by atoms with Crippen molar-refractivity contribution in [2.24, 2.45) is 0 Å². The zero-order chi connectivity index (χ0) is 14.1. The molecule has 1 unspecified atom stereocenters. The lowest BCUT2D eigenvalue weighted by Crippen LogP contribution is -2.40. The molecule has 108 valence electrons. The van der Waals surface area contributed by atoms with Gasteiger partial charge in [-0.3, -0.25) is 4.90 Å². The van der Waals surface area contributed by atoms with Gasteiger partial charge in [0.05, 0.1) is 25.9 Å².